The molecule has 0 heterocycles. The zero-order valence-corrected chi connectivity index (χ0v) is 18.2. The zero-order chi connectivity index (χ0) is 23.1. The lowest BCUT2D eigenvalue weighted by atomic mass is 9.93. The van der Waals surface area contributed by atoms with Crippen LogP contribution in [0.15, 0.2) is 83.8 Å². The van der Waals surface area contributed by atoms with Crippen molar-refractivity contribution in [2.24, 2.45) is 0 Å². The minimum atomic E-state index is -4.48. The van der Waals surface area contributed by atoms with Crippen LogP contribution in [0.4, 0.5) is 13.2 Å². The normalized spacial score (nSPS) is 11.9. The summed E-state index contributed by atoms with van der Waals surface area (Å²) >= 11 is 7.61. The fraction of sp³-hybridized carbons (Fsp3) is 0.125. The van der Waals surface area contributed by atoms with E-state index in [0.29, 0.717) is 32.6 Å². The maximum absolute atomic E-state index is 13.6. The first-order valence-corrected chi connectivity index (χ1v) is 10.8. The maximum atomic E-state index is 13.6. The quantitative estimate of drug-likeness (QED) is 0.352. The van der Waals surface area contributed by atoms with Crippen LogP contribution in [0.25, 0.3) is 5.57 Å². The van der Waals surface area contributed by atoms with Crippen LogP contribution in [0.3, 0.4) is 0 Å². The first kappa shape index (κ1) is 23.8. The molecule has 3 rings (SSSR count). The Labute approximate surface area is 192 Å². The molecule has 0 saturated carbocycles. The van der Waals surface area contributed by atoms with Gasteiger partial charge in [0.15, 0.2) is 6.61 Å². The number of carboxylic acid groups (broad SMARTS) is 1. The maximum Gasteiger partial charge on any atom is 0.417 e. The van der Waals surface area contributed by atoms with E-state index in [1.54, 1.807) is 54.6 Å². The molecule has 8 heteroatoms. The highest BCUT2D eigenvalue weighted by atomic mass is 35.5. The summed E-state index contributed by atoms with van der Waals surface area (Å²) in [6, 6.07) is 19.2. The summed E-state index contributed by atoms with van der Waals surface area (Å²) in [7, 11) is 0. The first-order valence-electron chi connectivity index (χ1n) is 9.45. The van der Waals surface area contributed by atoms with Crippen LogP contribution in [-0.2, 0) is 11.0 Å². The van der Waals surface area contributed by atoms with E-state index in [1.165, 1.54) is 30.0 Å². The highest BCUT2D eigenvalue weighted by Crippen LogP contribution is 2.38. The van der Waals surface area contributed by atoms with Crippen molar-refractivity contribution in [2.75, 3.05) is 12.4 Å². The van der Waals surface area contributed by atoms with Gasteiger partial charge in [-0.2, -0.15) is 13.2 Å². The smallest absolute Gasteiger partial charge is 0.417 e. The van der Waals surface area contributed by atoms with Crippen molar-refractivity contribution >= 4 is 34.9 Å². The molecule has 0 amide bonds. The summed E-state index contributed by atoms with van der Waals surface area (Å²) in [5, 5.41) is 9.05. The van der Waals surface area contributed by atoms with Gasteiger partial charge in [-0.15, -0.1) is 11.8 Å². The van der Waals surface area contributed by atoms with E-state index in [1.807, 2.05) is 0 Å². The predicted molar refractivity (Wildman–Crippen MR) is 120 cm³/mol. The average molecular weight is 479 g/mol. The second-order valence-electron chi connectivity index (χ2n) is 6.61. The minimum absolute atomic E-state index is 0.107. The summed E-state index contributed by atoms with van der Waals surface area (Å²) in [4.78, 5) is 11.3. The van der Waals surface area contributed by atoms with Gasteiger partial charge in [0, 0.05) is 10.6 Å². The summed E-state index contributed by atoms with van der Waals surface area (Å²) in [6.45, 7) is -0.482. The van der Waals surface area contributed by atoms with Gasteiger partial charge in [0.25, 0.3) is 0 Å². The fourth-order valence-electron chi connectivity index (χ4n) is 3.01. The molecule has 0 aliphatic carbocycles. The number of benzene rings is 3. The van der Waals surface area contributed by atoms with Crippen LogP contribution < -0.4 is 4.74 Å². The lowest BCUT2D eigenvalue weighted by Crippen LogP contribution is -2.09. The molecule has 0 bridgehead atoms. The van der Waals surface area contributed by atoms with E-state index in [9.17, 15) is 18.0 Å². The number of rotatable bonds is 8. The Kier molecular flexibility index (Phi) is 7.88. The molecular weight excluding hydrogens is 461 g/mol. The van der Waals surface area contributed by atoms with Crippen LogP contribution in [0.1, 0.15) is 16.7 Å². The molecule has 0 atom stereocenters. The molecule has 3 nitrogen and oxygen atoms in total. The zero-order valence-electron chi connectivity index (χ0n) is 16.6. The Hall–Kier alpha value is -2.90. The van der Waals surface area contributed by atoms with Crippen LogP contribution in [0, 0.1) is 0 Å². The number of hydrogen-bond acceptors (Lipinski definition) is 3. The van der Waals surface area contributed by atoms with E-state index >= 15 is 0 Å². The molecule has 0 spiro atoms. The Morgan fingerprint density at radius 3 is 2.38 bits per heavy atom. The van der Waals surface area contributed by atoms with Crippen molar-refractivity contribution in [3.8, 4) is 5.75 Å². The molecule has 1 N–H and O–H groups in total. The summed E-state index contributed by atoms with van der Waals surface area (Å²) in [5.41, 5.74) is 0.560. The fourth-order valence-corrected chi connectivity index (χ4v) is 4.14. The molecule has 32 heavy (non-hydrogen) atoms. The number of halogens is 4. The van der Waals surface area contributed by atoms with Gasteiger partial charge >= 0.3 is 12.1 Å². The van der Waals surface area contributed by atoms with Gasteiger partial charge in [0.1, 0.15) is 5.75 Å². The first-order chi connectivity index (χ1) is 15.3. The molecule has 3 aromatic carbocycles. The predicted octanol–water partition coefficient (Wildman–Crippen LogP) is 7.05. The molecule has 0 saturated heterocycles. The Balaban J connectivity index is 1.87. The number of carboxylic acids is 1. The van der Waals surface area contributed by atoms with Crippen molar-refractivity contribution < 1.29 is 27.8 Å². The van der Waals surface area contributed by atoms with E-state index in [0.717, 1.165) is 6.07 Å². The standard InChI is InChI=1S/C24H18ClF3O3S/c25-21-14-17(31-15-23(29)30)10-11-22(21)32-13-12-18(16-6-2-1-3-7-16)19-8-4-5-9-20(19)24(26,27)28/h1-12,14H,13,15H2,(H,29,30)/b18-12-. The van der Waals surface area contributed by atoms with Gasteiger partial charge < -0.3 is 9.84 Å². The largest absolute Gasteiger partial charge is 0.482 e. The SMILES string of the molecule is O=C(O)COc1ccc(SC/C=C(/c2ccccc2)c2ccccc2C(F)(F)F)c(Cl)c1. The van der Waals surface area contributed by atoms with Crippen LogP contribution in [-0.4, -0.2) is 23.4 Å². The Morgan fingerprint density at radius 2 is 1.72 bits per heavy atom. The monoisotopic (exact) mass is 478 g/mol. The molecule has 166 valence electrons. The van der Waals surface area contributed by atoms with Gasteiger partial charge in [0.05, 0.1) is 10.6 Å². The van der Waals surface area contributed by atoms with Crippen molar-refractivity contribution in [1.82, 2.24) is 0 Å². The van der Waals surface area contributed by atoms with Gasteiger partial charge in [-0.3, -0.25) is 0 Å². The van der Waals surface area contributed by atoms with Crippen molar-refractivity contribution in [3.63, 3.8) is 0 Å². The van der Waals surface area contributed by atoms with Crippen LogP contribution >= 0.6 is 23.4 Å². The highest BCUT2D eigenvalue weighted by Gasteiger charge is 2.33. The lowest BCUT2D eigenvalue weighted by Gasteiger charge is -2.16. The Bertz CT molecular complexity index is 1110. The van der Waals surface area contributed by atoms with Gasteiger partial charge in [0.2, 0.25) is 0 Å². The third-order valence-corrected chi connectivity index (χ3v) is 5.82. The highest BCUT2D eigenvalue weighted by molar-refractivity contribution is 7.99. The minimum Gasteiger partial charge on any atom is -0.482 e. The van der Waals surface area contributed by atoms with E-state index in [2.05, 4.69) is 0 Å². The summed E-state index contributed by atoms with van der Waals surface area (Å²) in [6.07, 6.45) is -2.73. The van der Waals surface area contributed by atoms with Gasteiger partial charge in [-0.1, -0.05) is 66.2 Å². The molecule has 0 aromatic heterocycles. The second-order valence-corrected chi connectivity index (χ2v) is 8.08. The number of thioether (sulfide) groups is 1. The second kappa shape index (κ2) is 10.6. The topological polar surface area (TPSA) is 46.5 Å². The lowest BCUT2D eigenvalue weighted by molar-refractivity contribution is -0.139. The molecule has 0 aliphatic rings. The Morgan fingerprint density at radius 1 is 1.03 bits per heavy atom. The third-order valence-electron chi connectivity index (χ3n) is 4.40. The number of alkyl halides is 3. The molecule has 0 fully saturated rings. The van der Waals surface area contributed by atoms with Crippen molar-refractivity contribution in [2.45, 2.75) is 11.1 Å². The number of ether oxygens (including phenoxy) is 1. The molecule has 0 radical (unpaired) electrons. The van der Waals surface area contributed by atoms with Gasteiger partial charge in [-0.25, -0.2) is 4.79 Å². The van der Waals surface area contributed by atoms with E-state index in [-0.39, 0.29) is 5.56 Å². The van der Waals surface area contributed by atoms with Gasteiger partial charge in [-0.05, 0) is 41.0 Å². The van der Waals surface area contributed by atoms with E-state index < -0.39 is 24.3 Å². The average Bonchev–Trinajstić information content (AvgIpc) is 2.76. The summed E-state index contributed by atoms with van der Waals surface area (Å²) < 4.78 is 45.9. The molecular formula is C24H18ClF3O3S. The van der Waals surface area contributed by atoms with Crippen LogP contribution in [0.5, 0.6) is 5.75 Å². The summed E-state index contributed by atoms with van der Waals surface area (Å²) in [5.74, 6) is -0.412. The molecule has 0 unspecified atom stereocenters. The van der Waals surface area contributed by atoms with E-state index in [4.69, 9.17) is 21.4 Å². The number of hydrogen-bond donors (Lipinski definition) is 1. The van der Waals surface area contributed by atoms with Crippen molar-refractivity contribution in [3.05, 3.63) is 101 Å². The van der Waals surface area contributed by atoms with Crippen molar-refractivity contribution in [1.29, 1.82) is 0 Å². The molecule has 3 aromatic rings. The molecule has 0 aliphatic heterocycles. The van der Waals surface area contributed by atoms with Crippen LogP contribution in [0.2, 0.25) is 5.02 Å². The number of aliphatic carboxylic acids is 1. The third kappa shape index (κ3) is 6.31. The number of carbonyl (C=O) groups is 1.